The van der Waals surface area contributed by atoms with Crippen molar-refractivity contribution in [2.24, 2.45) is 0 Å². The van der Waals surface area contributed by atoms with E-state index in [1.54, 1.807) is 24.3 Å². The van der Waals surface area contributed by atoms with Crippen LogP contribution in [0.1, 0.15) is 15.9 Å². The lowest BCUT2D eigenvalue weighted by molar-refractivity contribution is -0.118. The van der Waals surface area contributed by atoms with Crippen LogP contribution in [0.5, 0.6) is 5.75 Å². The minimum absolute atomic E-state index is 0.0174. The Hall–Kier alpha value is -3.73. The fourth-order valence-corrected chi connectivity index (χ4v) is 5.04. The molecule has 10 heteroatoms. The molecule has 1 fully saturated rings. The first kappa shape index (κ1) is 27.3. The number of carbonyl (C=O) groups excluding carboxylic acids is 2. The number of amides is 2. The van der Waals surface area contributed by atoms with Crippen LogP contribution < -0.4 is 14.8 Å². The fraction of sp³-hybridized carbons (Fsp3) is 0.286. The molecule has 1 aliphatic heterocycles. The third-order valence-corrected chi connectivity index (χ3v) is 7.74. The number of rotatable bonds is 10. The summed E-state index contributed by atoms with van der Waals surface area (Å²) < 4.78 is 33.2. The molecule has 0 bridgehead atoms. The van der Waals surface area contributed by atoms with Gasteiger partial charge in [0.05, 0.1) is 4.90 Å². The number of hydrogen-bond acceptors (Lipinski definition) is 6. The van der Waals surface area contributed by atoms with Gasteiger partial charge in [-0.1, -0.05) is 30.3 Å². The van der Waals surface area contributed by atoms with E-state index in [0.717, 1.165) is 18.7 Å². The zero-order valence-corrected chi connectivity index (χ0v) is 22.1. The number of piperazine rings is 1. The highest BCUT2D eigenvalue weighted by Crippen LogP contribution is 2.17. The second-order valence-electron chi connectivity index (χ2n) is 9.11. The monoisotopic (exact) mass is 536 g/mol. The van der Waals surface area contributed by atoms with Gasteiger partial charge in [-0.05, 0) is 67.6 Å². The molecule has 4 rings (SSSR count). The van der Waals surface area contributed by atoms with Gasteiger partial charge in [0.15, 0.2) is 6.61 Å². The highest BCUT2D eigenvalue weighted by molar-refractivity contribution is 7.89. The largest absolute Gasteiger partial charge is 0.484 e. The van der Waals surface area contributed by atoms with Gasteiger partial charge in [-0.2, -0.15) is 0 Å². The Morgan fingerprint density at radius 3 is 2.18 bits per heavy atom. The van der Waals surface area contributed by atoms with Crippen LogP contribution in [0.4, 0.5) is 5.69 Å². The highest BCUT2D eigenvalue weighted by atomic mass is 32.2. The van der Waals surface area contributed by atoms with Crippen molar-refractivity contribution in [3.63, 3.8) is 0 Å². The van der Waals surface area contributed by atoms with Crippen molar-refractivity contribution in [3.05, 3.63) is 90.0 Å². The second-order valence-corrected chi connectivity index (χ2v) is 10.9. The summed E-state index contributed by atoms with van der Waals surface area (Å²) in [5.41, 5.74) is 2.18. The van der Waals surface area contributed by atoms with Crippen LogP contribution in [0, 0.1) is 0 Å². The van der Waals surface area contributed by atoms with Crippen molar-refractivity contribution < 1.29 is 22.7 Å². The molecule has 0 spiro atoms. The summed E-state index contributed by atoms with van der Waals surface area (Å²) in [7, 11) is -1.62. The van der Waals surface area contributed by atoms with Gasteiger partial charge in [-0.15, -0.1) is 0 Å². The summed E-state index contributed by atoms with van der Waals surface area (Å²) in [6, 6.07) is 22.3. The van der Waals surface area contributed by atoms with Gasteiger partial charge < -0.3 is 19.9 Å². The number of likely N-dealkylation sites (N-methyl/N-ethyl adjacent to an activating group) is 1. The summed E-state index contributed by atoms with van der Waals surface area (Å²) in [5, 5.41) is 2.73. The van der Waals surface area contributed by atoms with Crippen LogP contribution in [0.15, 0.2) is 83.8 Å². The average Bonchev–Trinajstić information content (AvgIpc) is 2.93. The van der Waals surface area contributed by atoms with E-state index in [-0.39, 0.29) is 29.9 Å². The van der Waals surface area contributed by atoms with E-state index < -0.39 is 10.0 Å². The molecule has 0 saturated carbocycles. The van der Waals surface area contributed by atoms with Gasteiger partial charge in [0.1, 0.15) is 5.75 Å². The Labute approximate surface area is 223 Å². The fourth-order valence-electron chi connectivity index (χ4n) is 4.01. The summed E-state index contributed by atoms with van der Waals surface area (Å²) >= 11 is 0. The number of carbonyl (C=O) groups is 2. The zero-order chi connectivity index (χ0) is 27.0. The van der Waals surface area contributed by atoms with Crippen LogP contribution >= 0.6 is 0 Å². The third kappa shape index (κ3) is 7.64. The molecule has 2 N–H and O–H groups in total. The van der Waals surface area contributed by atoms with Crippen molar-refractivity contribution in [2.75, 3.05) is 51.7 Å². The van der Waals surface area contributed by atoms with Crippen LogP contribution in [-0.4, -0.2) is 76.4 Å². The molecule has 1 saturated heterocycles. The average molecular weight is 537 g/mol. The number of benzene rings is 3. The SMILES string of the molecule is CN1CCN(C(=O)c2ccc(NC(=O)COc3ccc(S(=O)(=O)NCCc4ccccc4)cc3)cc2)CC1. The lowest BCUT2D eigenvalue weighted by Gasteiger charge is -2.32. The molecule has 9 nitrogen and oxygen atoms in total. The molecular weight excluding hydrogens is 504 g/mol. The van der Waals surface area contributed by atoms with E-state index in [1.165, 1.54) is 24.3 Å². The van der Waals surface area contributed by atoms with Gasteiger partial charge in [0, 0.05) is 44.0 Å². The van der Waals surface area contributed by atoms with Gasteiger partial charge >= 0.3 is 0 Å². The Morgan fingerprint density at radius 1 is 0.868 bits per heavy atom. The van der Waals surface area contributed by atoms with E-state index in [9.17, 15) is 18.0 Å². The summed E-state index contributed by atoms with van der Waals surface area (Å²) in [6.07, 6.45) is 0.589. The first-order valence-corrected chi connectivity index (χ1v) is 13.9. The van der Waals surface area contributed by atoms with Crippen molar-refractivity contribution in [2.45, 2.75) is 11.3 Å². The first-order chi connectivity index (χ1) is 18.3. The number of ether oxygens (including phenoxy) is 1. The van der Waals surface area contributed by atoms with E-state index in [4.69, 9.17) is 4.74 Å². The highest BCUT2D eigenvalue weighted by Gasteiger charge is 2.20. The maximum absolute atomic E-state index is 12.7. The third-order valence-electron chi connectivity index (χ3n) is 6.26. The molecule has 0 aliphatic carbocycles. The van der Waals surface area contributed by atoms with Crippen molar-refractivity contribution >= 4 is 27.5 Å². The van der Waals surface area contributed by atoms with Crippen LogP contribution in [-0.2, 0) is 21.2 Å². The summed E-state index contributed by atoms with van der Waals surface area (Å²) in [4.78, 5) is 29.1. The van der Waals surface area contributed by atoms with E-state index in [0.29, 0.717) is 36.5 Å². The Bertz CT molecular complexity index is 1320. The summed E-state index contributed by atoms with van der Waals surface area (Å²) in [6.45, 7) is 3.14. The smallest absolute Gasteiger partial charge is 0.262 e. The number of nitrogens with one attached hydrogen (secondary N) is 2. The molecule has 2 amide bonds. The Kier molecular flexibility index (Phi) is 9.11. The second kappa shape index (κ2) is 12.7. The van der Waals surface area contributed by atoms with Gasteiger partial charge in [-0.25, -0.2) is 13.1 Å². The predicted octanol–water partition coefficient (Wildman–Crippen LogP) is 2.61. The number of nitrogens with zero attached hydrogens (tertiary/aromatic N) is 2. The maximum atomic E-state index is 12.7. The molecule has 3 aromatic rings. The lowest BCUT2D eigenvalue weighted by atomic mass is 10.1. The molecule has 0 radical (unpaired) electrons. The van der Waals surface area contributed by atoms with E-state index in [2.05, 4.69) is 14.9 Å². The molecular formula is C28H32N4O5S. The molecule has 0 aromatic heterocycles. The van der Waals surface area contributed by atoms with Gasteiger partial charge in [0.25, 0.3) is 11.8 Å². The zero-order valence-electron chi connectivity index (χ0n) is 21.3. The molecule has 0 unspecified atom stereocenters. The van der Waals surface area contributed by atoms with Crippen LogP contribution in [0.2, 0.25) is 0 Å². The Morgan fingerprint density at radius 2 is 1.53 bits per heavy atom. The molecule has 1 heterocycles. The maximum Gasteiger partial charge on any atom is 0.262 e. The topological polar surface area (TPSA) is 108 Å². The number of sulfonamides is 1. The summed E-state index contributed by atoms with van der Waals surface area (Å²) in [5.74, 6) is -0.0184. The molecule has 38 heavy (non-hydrogen) atoms. The molecule has 0 atom stereocenters. The van der Waals surface area contributed by atoms with Crippen LogP contribution in [0.25, 0.3) is 0 Å². The van der Waals surface area contributed by atoms with Crippen molar-refractivity contribution in [1.82, 2.24) is 14.5 Å². The van der Waals surface area contributed by atoms with Crippen molar-refractivity contribution in [1.29, 1.82) is 0 Å². The van der Waals surface area contributed by atoms with Gasteiger partial charge in [-0.3, -0.25) is 9.59 Å². The van der Waals surface area contributed by atoms with Gasteiger partial charge in [0.2, 0.25) is 10.0 Å². The number of hydrogen-bond donors (Lipinski definition) is 2. The van der Waals surface area contributed by atoms with E-state index in [1.807, 2.05) is 42.3 Å². The van der Waals surface area contributed by atoms with Crippen molar-refractivity contribution in [3.8, 4) is 5.75 Å². The predicted molar refractivity (Wildman–Crippen MR) is 146 cm³/mol. The standard InChI is InChI=1S/C28H32N4O5S/c1-31-17-19-32(20-18-31)28(34)23-7-9-24(10-8-23)30-27(33)21-37-25-11-13-26(14-12-25)38(35,36)29-16-15-22-5-3-2-4-6-22/h2-14,29H,15-21H2,1H3,(H,30,33). The lowest BCUT2D eigenvalue weighted by Crippen LogP contribution is -2.47. The molecule has 3 aromatic carbocycles. The quantitative estimate of drug-likeness (QED) is 0.413. The number of anilines is 1. The normalized spacial score (nSPS) is 14.2. The molecule has 1 aliphatic rings. The molecule has 200 valence electrons. The minimum atomic E-state index is -3.65. The minimum Gasteiger partial charge on any atom is -0.484 e. The Balaban J connectivity index is 1.22. The first-order valence-electron chi connectivity index (χ1n) is 12.4. The van der Waals surface area contributed by atoms with Crippen LogP contribution in [0.3, 0.4) is 0 Å². The van der Waals surface area contributed by atoms with E-state index >= 15 is 0 Å².